The second-order valence-electron chi connectivity index (χ2n) is 5.36. The molecule has 0 aromatic heterocycles. The molecule has 22 heavy (non-hydrogen) atoms. The van der Waals surface area contributed by atoms with E-state index in [1.165, 1.54) is 7.11 Å². The number of hydrogen-bond donors (Lipinski definition) is 0. The minimum absolute atomic E-state index is 0.244. The standard InChI is InChI=1S/C17H13Cl2FO2/c1-22-16(21)10-2-5-12(6-3-10)17(20)9-13(17)11-4-7-14(18)15(19)8-11/h2-8,13H,9H2,1H3/t13-,17-/m1/s1. The Balaban J connectivity index is 1.84. The molecule has 2 atom stereocenters. The van der Waals surface area contributed by atoms with Crippen molar-refractivity contribution >= 4 is 29.2 Å². The van der Waals surface area contributed by atoms with Crippen LogP contribution in [-0.4, -0.2) is 13.1 Å². The van der Waals surface area contributed by atoms with E-state index >= 15 is 4.39 Å². The molecule has 0 heterocycles. The number of esters is 1. The molecule has 3 rings (SSSR count). The van der Waals surface area contributed by atoms with Crippen molar-refractivity contribution in [3.05, 3.63) is 69.2 Å². The van der Waals surface area contributed by atoms with E-state index in [2.05, 4.69) is 4.74 Å². The van der Waals surface area contributed by atoms with Gasteiger partial charge in [0.25, 0.3) is 0 Å². The molecule has 0 amide bonds. The maximum absolute atomic E-state index is 15.0. The summed E-state index contributed by atoms with van der Waals surface area (Å²) < 4.78 is 19.7. The van der Waals surface area contributed by atoms with E-state index in [1.54, 1.807) is 42.5 Å². The smallest absolute Gasteiger partial charge is 0.337 e. The van der Waals surface area contributed by atoms with Crippen molar-refractivity contribution in [1.29, 1.82) is 0 Å². The number of alkyl halides is 1. The summed E-state index contributed by atoms with van der Waals surface area (Å²) in [5, 5.41) is 0.882. The van der Waals surface area contributed by atoms with Gasteiger partial charge in [0.2, 0.25) is 0 Å². The van der Waals surface area contributed by atoms with Crippen LogP contribution in [0.1, 0.15) is 33.8 Å². The van der Waals surface area contributed by atoms with Crippen LogP contribution in [0.4, 0.5) is 4.39 Å². The predicted molar refractivity (Wildman–Crippen MR) is 84.4 cm³/mol. The Morgan fingerprint density at radius 3 is 2.45 bits per heavy atom. The normalized spacial score (nSPS) is 23.2. The molecule has 0 bridgehead atoms. The van der Waals surface area contributed by atoms with Gasteiger partial charge in [0, 0.05) is 5.92 Å². The number of carbonyl (C=O) groups excluding carboxylic acids is 1. The number of ether oxygens (including phenoxy) is 1. The third kappa shape index (κ3) is 2.59. The Kier molecular flexibility index (Phi) is 3.87. The summed E-state index contributed by atoms with van der Waals surface area (Å²) in [4.78, 5) is 11.4. The van der Waals surface area contributed by atoms with E-state index in [-0.39, 0.29) is 5.92 Å². The fraction of sp³-hybridized carbons (Fsp3) is 0.235. The van der Waals surface area contributed by atoms with Gasteiger partial charge >= 0.3 is 5.97 Å². The fourth-order valence-corrected chi connectivity index (χ4v) is 2.98. The minimum Gasteiger partial charge on any atom is -0.465 e. The van der Waals surface area contributed by atoms with Crippen molar-refractivity contribution in [2.75, 3.05) is 7.11 Å². The van der Waals surface area contributed by atoms with Crippen molar-refractivity contribution in [2.45, 2.75) is 18.0 Å². The molecule has 0 saturated heterocycles. The molecule has 1 fully saturated rings. The van der Waals surface area contributed by atoms with Crippen molar-refractivity contribution in [3.8, 4) is 0 Å². The summed E-state index contributed by atoms with van der Waals surface area (Å²) >= 11 is 11.9. The zero-order valence-corrected chi connectivity index (χ0v) is 13.3. The van der Waals surface area contributed by atoms with Gasteiger partial charge in [0.1, 0.15) is 5.67 Å². The van der Waals surface area contributed by atoms with E-state index in [1.807, 2.05) is 0 Å². The Hall–Kier alpha value is -1.58. The van der Waals surface area contributed by atoms with Crippen LogP contribution in [-0.2, 0) is 10.4 Å². The van der Waals surface area contributed by atoms with E-state index < -0.39 is 11.6 Å². The van der Waals surface area contributed by atoms with Gasteiger partial charge in [-0.2, -0.15) is 0 Å². The Morgan fingerprint density at radius 2 is 1.86 bits per heavy atom. The van der Waals surface area contributed by atoms with Crippen LogP contribution in [0, 0.1) is 0 Å². The Morgan fingerprint density at radius 1 is 1.18 bits per heavy atom. The Bertz CT molecular complexity index is 730. The minimum atomic E-state index is -1.42. The third-order valence-electron chi connectivity index (χ3n) is 4.03. The molecule has 5 heteroatoms. The SMILES string of the molecule is COC(=O)c1ccc([C@]2(F)C[C@@H]2c2ccc(Cl)c(Cl)c2)cc1. The molecule has 1 aliphatic rings. The fourth-order valence-electron chi connectivity index (χ4n) is 2.67. The first-order chi connectivity index (χ1) is 10.5. The van der Waals surface area contributed by atoms with Gasteiger partial charge in [-0.25, -0.2) is 9.18 Å². The summed E-state index contributed by atoms with van der Waals surface area (Å²) in [6.07, 6.45) is 0.391. The monoisotopic (exact) mass is 338 g/mol. The first-order valence-corrected chi connectivity index (χ1v) is 7.54. The highest BCUT2D eigenvalue weighted by molar-refractivity contribution is 6.42. The average Bonchev–Trinajstić information content (AvgIpc) is 3.23. The van der Waals surface area contributed by atoms with Gasteiger partial charge in [0.15, 0.2) is 0 Å². The zero-order valence-electron chi connectivity index (χ0n) is 11.8. The van der Waals surface area contributed by atoms with Crippen LogP contribution >= 0.6 is 23.2 Å². The first kappa shape index (κ1) is 15.3. The maximum atomic E-state index is 15.0. The van der Waals surface area contributed by atoms with Crippen LogP contribution in [0.15, 0.2) is 42.5 Å². The molecule has 0 radical (unpaired) electrons. The topological polar surface area (TPSA) is 26.3 Å². The second-order valence-corrected chi connectivity index (χ2v) is 6.18. The second kappa shape index (κ2) is 5.56. The van der Waals surface area contributed by atoms with Crippen LogP contribution in [0.3, 0.4) is 0 Å². The molecule has 0 N–H and O–H groups in total. The lowest BCUT2D eigenvalue weighted by Crippen LogP contribution is -2.05. The first-order valence-electron chi connectivity index (χ1n) is 6.78. The lowest BCUT2D eigenvalue weighted by atomic mass is 10.0. The zero-order chi connectivity index (χ0) is 15.9. The Labute approximate surface area is 137 Å². The highest BCUT2D eigenvalue weighted by Gasteiger charge is 2.57. The third-order valence-corrected chi connectivity index (χ3v) is 4.76. The van der Waals surface area contributed by atoms with E-state index in [9.17, 15) is 4.79 Å². The van der Waals surface area contributed by atoms with E-state index in [0.29, 0.717) is 27.6 Å². The molecule has 114 valence electrons. The van der Waals surface area contributed by atoms with Gasteiger partial charge in [-0.1, -0.05) is 41.4 Å². The predicted octanol–water partition coefficient (Wildman–Crippen LogP) is 5.13. The lowest BCUT2D eigenvalue weighted by molar-refractivity contribution is 0.0600. The van der Waals surface area contributed by atoms with Crippen molar-refractivity contribution in [1.82, 2.24) is 0 Å². The van der Waals surface area contributed by atoms with E-state index in [4.69, 9.17) is 23.2 Å². The number of benzene rings is 2. The van der Waals surface area contributed by atoms with Crippen LogP contribution in [0.5, 0.6) is 0 Å². The van der Waals surface area contributed by atoms with Gasteiger partial charge in [-0.05, 0) is 41.8 Å². The van der Waals surface area contributed by atoms with Crippen molar-refractivity contribution in [2.24, 2.45) is 0 Å². The van der Waals surface area contributed by atoms with Gasteiger partial charge in [-0.3, -0.25) is 0 Å². The molecule has 0 spiro atoms. The lowest BCUT2D eigenvalue weighted by Gasteiger charge is -2.10. The van der Waals surface area contributed by atoms with Crippen LogP contribution in [0.25, 0.3) is 0 Å². The van der Waals surface area contributed by atoms with Crippen molar-refractivity contribution in [3.63, 3.8) is 0 Å². The molecule has 1 saturated carbocycles. The molecule has 2 aromatic rings. The number of rotatable bonds is 3. The van der Waals surface area contributed by atoms with E-state index in [0.717, 1.165) is 5.56 Å². The largest absolute Gasteiger partial charge is 0.465 e. The van der Waals surface area contributed by atoms with Gasteiger partial charge in [0.05, 0.1) is 22.7 Å². The number of methoxy groups -OCH3 is 1. The van der Waals surface area contributed by atoms with Crippen molar-refractivity contribution < 1.29 is 13.9 Å². The van der Waals surface area contributed by atoms with Gasteiger partial charge < -0.3 is 4.74 Å². The molecule has 0 unspecified atom stereocenters. The molecule has 1 aliphatic carbocycles. The summed E-state index contributed by atoms with van der Waals surface area (Å²) in [6, 6.07) is 11.6. The molecule has 2 aromatic carbocycles. The van der Waals surface area contributed by atoms with Crippen LogP contribution in [0.2, 0.25) is 10.0 Å². The highest BCUT2D eigenvalue weighted by atomic mass is 35.5. The number of halogens is 3. The summed E-state index contributed by atoms with van der Waals surface area (Å²) in [7, 11) is 1.31. The molecule has 0 aliphatic heterocycles. The maximum Gasteiger partial charge on any atom is 0.337 e. The van der Waals surface area contributed by atoms with Crippen LogP contribution < -0.4 is 0 Å². The number of carbonyl (C=O) groups is 1. The number of hydrogen-bond acceptors (Lipinski definition) is 2. The highest BCUT2D eigenvalue weighted by Crippen LogP contribution is 2.61. The molecule has 2 nitrogen and oxygen atoms in total. The average molecular weight is 339 g/mol. The van der Waals surface area contributed by atoms with Gasteiger partial charge in [-0.15, -0.1) is 0 Å². The molecular weight excluding hydrogens is 326 g/mol. The molecular formula is C17H13Cl2FO2. The summed E-state index contributed by atoms with van der Waals surface area (Å²) in [5.41, 5.74) is 0.359. The summed E-state index contributed by atoms with van der Waals surface area (Å²) in [6.45, 7) is 0. The quantitative estimate of drug-likeness (QED) is 0.725. The summed E-state index contributed by atoms with van der Waals surface area (Å²) in [5.74, 6) is -0.678.